The lowest BCUT2D eigenvalue weighted by Crippen LogP contribution is -2.41. The van der Waals surface area contributed by atoms with Crippen LogP contribution in [0.1, 0.15) is 18.4 Å². The van der Waals surface area contributed by atoms with Gasteiger partial charge in [0.1, 0.15) is 4.21 Å². The molecule has 1 saturated heterocycles. The molecule has 1 aliphatic rings. The van der Waals surface area contributed by atoms with Gasteiger partial charge in [-0.15, -0.1) is 11.3 Å². The van der Waals surface area contributed by atoms with Gasteiger partial charge in [-0.25, -0.2) is 13.4 Å². The highest BCUT2D eigenvalue weighted by molar-refractivity contribution is 7.91. The molecule has 1 aromatic carbocycles. The maximum absolute atomic E-state index is 12.6. The fraction of sp³-hybridized carbons (Fsp3) is 0.333. The summed E-state index contributed by atoms with van der Waals surface area (Å²) in [6.07, 6.45) is 0.985. The zero-order valence-corrected chi connectivity index (χ0v) is 18.2. The number of carbonyl (C=O) groups excluding carboxylic acids is 1. The number of thiazole rings is 1. The molecule has 1 fully saturated rings. The number of sulfonamides is 1. The van der Waals surface area contributed by atoms with Crippen LogP contribution in [0.2, 0.25) is 5.02 Å². The Hall–Kier alpha value is -1.52. The number of hydrogen-bond donors (Lipinski definition) is 1. The minimum atomic E-state index is -3.46. The first-order chi connectivity index (χ1) is 13.3. The normalized spacial score (nSPS) is 16.5. The van der Waals surface area contributed by atoms with Crippen LogP contribution in [-0.2, 0) is 14.8 Å². The Morgan fingerprint density at radius 1 is 1.32 bits per heavy atom. The number of amides is 1. The summed E-state index contributed by atoms with van der Waals surface area (Å²) in [5, 5.41) is 5.82. The molecule has 0 spiro atoms. The Balaban J connectivity index is 1.41. The van der Waals surface area contributed by atoms with E-state index in [1.807, 2.05) is 19.1 Å². The number of halogens is 1. The smallest absolute Gasteiger partial charge is 0.252 e. The van der Waals surface area contributed by atoms with Crippen LogP contribution < -0.4 is 5.32 Å². The van der Waals surface area contributed by atoms with Crippen molar-refractivity contribution in [2.45, 2.75) is 24.0 Å². The number of rotatable bonds is 4. The highest BCUT2D eigenvalue weighted by Crippen LogP contribution is 2.32. The molecule has 1 aliphatic heterocycles. The van der Waals surface area contributed by atoms with Crippen molar-refractivity contribution in [2.75, 3.05) is 18.4 Å². The lowest BCUT2D eigenvalue weighted by molar-refractivity contribution is -0.120. The number of piperidine rings is 1. The standard InChI is InChI=1S/C18H18ClN3O3S3/c1-11-9-13(19)10-14-16(11)20-18(27-14)21-17(23)12-4-6-22(7-5-12)28(24,25)15-3-2-8-26-15/h2-3,8-10,12H,4-7H2,1H3,(H,20,21,23). The number of nitrogens with zero attached hydrogens (tertiary/aromatic N) is 2. The molecule has 0 saturated carbocycles. The summed E-state index contributed by atoms with van der Waals surface area (Å²) in [5.41, 5.74) is 1.80. The summed E-state index contributed by atoms with van der Waals surface area (Å²) >= 11 is 8.69. The summed E-state index contributed by atoms with van der Waals surface area (Å²) in [7, 11) is -3.46. The van der Waals surface area contributed by atoms with E-state index in [1.54, 1.807) is 17.5 Å². The Kier molecular flexibility index (Phi) is 5.45. The summed E-state index contributed by atoms with van der Waals surface area (Å²) in [4.78, 5) is 17.1. The van der Waals surface area contributed by atoms with Gasteiger partial charge in [0.25, 0.3) is 10.0 Å². The molecule has 2 aromatic heterocycles. The zero-order chi connectivity index (χ0) is 19.9. The van der Waals surface area contributed by atoms with E-state index in [0.717, 1.165) is 15.8 Å². The van der Waals surface area contributed by atoms with Gasteiger partial charge in [0.05, 0.1) is 10.2 Å². The second-order valence-corrected chi connectivity index (χ2v) is 11.3. The first-order valence-electron chi connectivity index (χ1n) is 8.76. The van der Waals surface area contributed by atoms with Crippen LogP contribution in [0.3, 0.4) is 0 Å². The fourth-order valence-corrected chi connectivity index (χ4v) is 7.25. The van der Waals surface area contributed by atoms with Gasteiger partial charge in [0, 0.05) is 24.0 Å². The van der Waals surface area contributed by atoms with E-state index in [1.165, 1.54) is 27.0 Å². The summed E-state index contributed by atoms with van der Waals surface area (Å²) in [5.74, 6) is -0.345. The van der Waals surface area contributed by atoms with E-state index < -0.39 is 10.0 Å². The van der Waals surface area contributed by atoms with Gasteiger partial charge in [0.15, 0.2) is 5.13 Å². The summed E-state index contributed by atoms with van der Waals surface area (Å²) in [6.45, 7) is 2.61. The second kappa shape index (κ2) is 7.72. The van der Waals surface area contributed by atoms with Crippen LogP contribution >= 0.6 is 34.3 Å². The third-order valence-corrected chi connectivity index (χ3v) is 9.20. The number of fused-ring (bicyclic) bond motifs is 1. The lowest BCUT2D eigenvalue weighted by atomic mass is 9.97. The summed E-state index contributed by atoms with van der Waals surface area (Å²) in [6, 6.07) is 7.02. The monoisotopic (exact) mass is 455 g/mol. The molecule has 28 heavy (non-hydrogen) atoms. The van der Waals surface area contributed by atoms with Crippen molar-refractivity contribution in [1.29, 1.82) is 0 Å². The van der Waals surface area contributed by atoms with Gasteiger partial charge in [0.2, 0.25) is 5.91 Å². The van der Waals surface area contributed by atoms with Crippen molar-refractivity contribution >= 4 is 65.6 Å². The predicted octanol–water partition coefficient (Wildman–Crippen LogP) is 4.36. The fourth-order valence-electron chi connectivity index (χ4n) is 3.31. The van der Waals surface area contributed by atoms with Crippen molar-refractivity contribution in [3.63, 3.8) is 0 Å². The molecule has 0 atom stereocenters. The largest absolute Gasteiger partial charge is 0.302 e. The number of hydrogen-bond acceptors (Lipinski definition) is 6. The Labute approximate surface area is 176 Å². The zero-order valence-electron chi connectivity index (χ0n) is 15.0. The Bertz CT molecular complexity index is 1120. The SMILES string of the molecule is Cc1cc(Cl)cc2sc(NC(=O)C3CCN(S(=O)(=O)c4cccs4)CC3)nc12. The second-order valence-electron chi connectivity index (χ2n) is 6.69. The van der Waals surface area contributed by atoms with Crippen LogP contribution in [0.15, 0.2) is 33.9 Å². The van der Waals surface area contributed by atoms with E-state index >= 15 is 0 Å². The quantitative estimate of drug-likeness (QED) is 0.633. The molecule has 0 bridgehead atoms. The molecule has 0 unspecified atom stereocenters. The van der Waals surface area contributed by atoms with Crippen LogP contribution in [0.5, 0.6) is 0 Å². The van der Waals surface area contributed by atoms with E-state index in [0.29, 0.717) is 40.3 Å². The van der Waals surface area contributed by atoms with Gasteiger partial charge in [-0.05, 0) is 48.9 Å². The van der Waals surface area contributed by atoms with Crippen LogP contribution in [0.25, 0.3) is 10.2 Å². The summed E-state index contributed by atoms with van der Waals surface area (Å²) < 4.78 is 27.9. The first kappa shape index (κ1) is 19.8. The van der Waals surface area contributed by atoms with Gasteiger partial charge < -0.3 is 5.32 Å². The average Bonchev–Trinajstić information content (AvgIpc) is 3.32. The number of thiophene rings is 1. The van der Waals surface area contributed by atoms with Crippen molar-refractivity contribution < 1.29 is 13.2 Å². The number of aryl methyl sites for hydroxylation is 1. The van der Waals surface area contributed by atoms with E-state index in [9.17, 15) is 13.2 Å². The molecule has 6 nitrogen and oxygen atoms in total. The molecule has 0 radical (unpaired) electrons. The molecule has 3 heterocycles. The van der Waals surface area contributed by atoms with Gasteiger partial charge in [-0.2, -0.15) is 4.31 Å². The first-order valence-corrected chi connectivity index (χ1v) is 12.3. The molecular formula is C18H18ClN3O3S3. The number of benzene rings is 1. The van der Waals surface area contributed by atoms with Crippen LogP contribution in [0, 0.1) is 12.8 Å². The van der Waals surface area contributed by atoms with Crippen molar-refractivity contribution in [1.82, 2.24) is 9.29 Å². The average molecular weight is 456 g/mol. The minimum absolute atomic E-state index is 0.115. The van der Waals surface area contributed by atoms with Crippen LogP contribution in [0.4, 0.5) is 5.13 Å². The van der Waals surface area contributed by atoms with Crippen LogP contribution in [-0.4, -0.2) is 36.7 Å². The highest BCUT2D eigenvalue weighted by Gasteiger charge is 2.32. The van der Waals surface area contributed by atoms with Crippen molar-refractivity contribution in [3.8, 4) is 0 Å². The number of aromatic nitrogens is 1. The van der Waals surface area contributed by atoms with Crippen molar-refractivity contribution in [3.05, 3.63) is 40.2 Å². The minimum Gasteiger partial charge on any atom is -0.302 e. The third kappa shape index (κ3) is 3.81. The predicted molar refractivity (Wildman–Crippen MR) is 114 cm³/mol. The highest BCUT2D eigenvalue weighted by atomic mass is 35.5. The number of nitrogens with one attached hydrogen (secondary N) is 1. The maximum Gasteiger partial charge on any atom is 0.252 e. The number of carbonyl (C=O) groups is 1. The third-order valence-electron chi connectivity index (χ3n) is 4.79. The maximum atomic E-state index is 12.6. The Morgan fingerprint density at radius 3 is 2.75 bits per heavy atom. The van der Waals surface area contributed by atoms with Gasteiger partial charge in [-0.3, -0.25) is 4.79 Å². The Morgan fingerprint density at radius 2 is 2.07 bits per heavy atom. The molecule has 1 N–H and O–H groups in total. The molecule has 148 valence electrons. The molecule has 3 aromatic rings. The van der Waals surface area contributed by atoms with E-state index in [2.05, 4.69) is 10.3 Å². The molecule has 4 rings (SSSR count). The van der Waals surface area contributed by atoms with Crippen molar-refractivity contribution in [2.24, 2.45) is 5.92 Å². The topological polar surface area (TPSA) is 79.4 Å². The van der Waals surface area contributed by atoms with E-state index in [-0.39, 0.29) is 11.8 Å². The lowest BCUT2D eigenvalue weighted by Gasteiger charge is -2.29. The molecule has 10 heteroatoms. The number of anilines is 1. The molecule has 0 aliphatic carbocycles. The molecular weight excluding hydrogens is 438 g/mol. The van der Waals surface area contributed by atoms with Gasteiger partial charge in [-0.1, -0.05) is 29.0 Å². The van der Waals surface area contributed by atoms with Gasteiger partial charge >= 0.3 is 0 Å². The van der Waals surface area contributed by atoms with E-state index in [4.69, 9.17) is 11.6 Å². The molecule has 1 amide bonds.